The van der Waals surface area contributed by atoms with E-state index in [0.717, 1.165) is 24.5 Å². The number of ether oxygens (including phenoxy) is 1. The molecule has 1 atom stereocenters. The van der Waals surface area contributed by atoms with Crippen LogP contribution in [0.1, 0.15) is 86.0 Å². The second kappa shape index (κ2) is 11.2. The average molecular weight is 355 g/mol. The van der Waals surface area contributed by atoms with Gasteiger partial charge in [-0.3, -0.25) is 4.79 Å². The second-order valence-electron chi connectivity index (χ2n) is 8.15. The average Bonchev–Trinajstić information content (AvgIpc) is 2.50. The molecule has 0 fully saturated rings. The van der Waals surface area contributed by atoms with Crippen molar-refractivity contribution in [2.24, 2.45) is 11.8 Å². The van der Waals surface area contributed by atoms with Crippen molar-refractivity contribution in [2.45, 2.75) is 90.7 Å². The van der Waals surface area contributed by atoms with Gasteiger partial charge in [-0.15, -0.1) is 0 Å². The van der Waals surface area contributed by atoms with Crippen molar-refractivity contribution in [2.75, 3.05) is 12.4 Å². The number of hydrogen-bond donors (Lipinski definition) is 0. The van der Waals surface area contributed by atoms with Gasteiger partial charge in [0.15, 0.2) is 0 Å². The van der Waals surface area contributed by atoms with Gasteiger partial charge in [0, 0.05) is 10.5 Å². The van der Waals surface area contributed by atoms with Gasteiger partial charge in [0.1, 0.15) is 0 Å². The lowest BCUT2D eigenvalue weighted by Crippen LogP contribution is -2.24. The summed E-state index contributed by atoms with van der Waals surface area (Å²) in [7, 11) is 0. The number of allylic oxidation sites excluding steroid dienone is 2. The zero-order chi connectivity index (χ0) is 18.0. The highest BCUT2D eigenvalue weighted by Gasteiger charge is 2.28. The summed E-state index contributed by atoms with van der Waals surface area (Å²) in [5, 5.41) is 0. The quantitative estimate of drug-likeness (QED) is 0.244. The fourth-order valence-corrected chi connectivity index (χ4v) is 4.29. The summed E-state index contributed by atoms with van der Waals surface area (Å²) in [6, 6.07) is 0. The minimum Gasteiger partial charge on any atom is -0.466 e. The molecule has 1 aliphatic rings. The first-order chi connectivity index (χ1) is 11.3. The number of rotatable bonds is 11. The Kier molecular flexibility index (Phi) is 10.1. The molecule has 0 heterocycles. The molecule has 24 heavy (non-hydrogen) atoms. The van der Waals surface area contributed by atoms with Crippen LogP contribution in [0.15, 0.2) is 11.6 Å². The Bertz CT molecular complexity index is 401. The Hall–Kier alpha value is -0.440. The van der Waals surface area contributed by atoms with Gasteiger partial charge < -0.3 is 4.74 Å². The molecule has 0 aromatic rings. The van der Waals surface area contributed by atoms with Crippen LogP contribution in [0.4, 0.5) is 0 Å². The minimum atomic E-state index is -0.0239. The molecule has 1 rings (SSSR count). The van der Waals surface area contributed by atoms with Crippen molar-refractivity contribution in [1.29, 1.82) is 0 Å². The zero-order valence-corrected chi connectivity index (χ0v) is 17.3. The van der Waals surface area contributed by atoms with Gasteiger partial charge in [-0.05, 0) is 37.5 Å². The number of carbonyl (C=O) groups excluding carboxylic acids is 1. The SMILES string of the molecule is CC(C)CCCCCOC(=O)CCSC1(C)CC=C(C(C)C)CC1. The van der Waals surface area contributed by atoms with Gasteiger partial charge >= 0.3 is 5.97 Å². The van der Waals surface area contributed by atoms with Crippen molar-refractivity contribution < 1.29 is 9.53 Å². The fourth-order valence-electron chi connectivity index (χ4n) is 3.09. The molecule has 140 valence electrons. The molecule has 0 aliphatic heterocycles. The molecule has 2 nitrogen and oxygen atoms in total. The predicted molar refractivity (Wildman–Crippen MR) is 107 cm³/mol. The summed E-state index contributed by atoms with van der Waals surface area (Å²) < 4.78 is 5.66. The highest BCUT2D eigenvalue weighted by atomic mass is 32.2. The van der Waals surface area contributed by atoms with Crippen LogP contribution in [0.25, 0.3) is 0 Å². The molecule has 0 radical (unpaired) electrons. The first-order valence-electron chi connectivity index (χ1n) is 9.81. The van der Waals surface area contributed by atoms with Crippen molar-refractivity contribution >= 4 is 17.7 Å². The van der Waals surface area contributed by atoms with E-state index in [0.29, 0.717) is 23.7 Å². The Morgan fingerprint density at radius 2 is 2.00 bits per heavy atom. The summed E-state index contributed by atoms with van der Waals surface area (Å²) in [5.41, 5.74) is 1.60. The van der Waals surface area contributed by atoms with Crippen LogP contribution in [0, 0.1) is 11.8 Å². The van der Waals surface area contributed by atoms with Crippen LogP contribution in [0.2, 0.25) is 0 Å². The number of carbonyl (C=O) groups is 1. The molecule has 0 amide bonds. The largest absolute Gasteiger partial charge is 0.466 e. The molecule has 1 unspecified atom stereocenters. The Morgan fingerprint density at radius 1 is 1.25 bits per heavy atom. The van der Waals surface area contributed by atoms with E-state index in [1.165, 1.54) is 32.1 Å². The number of esters is 1. The maximum absolute atomic E-state index is 11.8. The van der Waals surface area contributed by atoms with Crippen molar-refractivity contribution in [3.05, 3.63) is 11.6 Å². The summed E-state index contributed by atoms with van der Waals surface area (Å²) in [6.45, 7) is 12.0. The van der Waals surface area contributed by atoms with Crippen LogP contribution in [-0.4, -0.2) is 23.1 Å². The van der Waals surface area contributed by atoms with Crippen LogP contribution in [-0.2, 0) is 9.53 Å². The van der Waals surface area contributed by atoms with Crippen LogP contribution < -0.4 is 0 Å². The van der Waals surface area contributed by atoms with Gasteiger partial charge in [0.25, 0.3) is 0 Å². The normalized spacial score (nSPS) is 21.2. The van der Waals surface area contributed by atoms with Gasteiger partial charge in [0.05, 0.1) is 13.0 Å². The molecular weight excluding hydrogens is 316 g/mol. The molecule has 1 aliphatic carbocycles. The highest BCUT2D eigenvalue weighted by Crippen LogP contribution is 2.40. The topological polar surface area (TPSA) is 26.3 Å². The van der Waals surface area contributed by atoms with E-state index in [-0.39, 0.29) is 5.97 Å². The smallest absolute Gasteiger partial charge is 0.306 e. The van der Waals surface area contributed by atoms with E-state index in [2.05, 4.69) is 40.7 Å². The molecule has 3 heteroatoms. The molecule has 0 aromatic heterocycles. The number of unbranched alkanes of at least 4 members (excludes halogenated alkanes) is 2. The lowest BCUT2D eigenvalue weighted by molar-refractivity contribution is -0.143. The summed E-state index contributed by atoms with van der Waals surface area (Å²) in [5.74, 6) is 2.31. The third-order valence-corrected chi connectivity index (χ3v) is 6.40. The Labute approximate surface area is 154 Å². The van der Waals surface area contributed by atoms with Gasteiger partial charge in [-0.1, -0.05) is 65.5 Å². The summed E-state index contributed by atoms with van der Waals surface area (Å²) >= 11 is 1.95. The fraction of sp³-hybridized carbons (Fsp3) is 0.857. The number of hydrogen-bond acceptors (Lipinski definition) is 3. The van der Waals surface area contributed by atoms with Gasteiger partial charge in [-0.2, -0.15) is 11.8 Å². The highest BCUT2D eigenvalue weighted by molar-refractivity contribution is 8.00. The lowest BCUT2D eigenvalue weighted by Gasteiger charge is -2.33. The molecule has 0 saturated heterocycles. The van der Waals surface area contributed by atoms with Crippen LogP contribution in [0.5, 0.6) is 0 Å². The number of thioether (sulfide) groups is 1. The summed E-state index contributed by atoms with van der Waals surface area (Å²) in [4.78, 5) is 11.8. The van der Waals surface area contributed by atoms with Crippen LogP contribution in [0.3, 0.4) is 0 Å². The molecule has 0 spiro atoms. The van der Waals surface area contributed by atoms with Crippen molar-refractivity contribution in [3.63, 3.8) is 0 Å². The standard InChI is InChI=1S/C21H38O2S/c1-17(2)9-7-6-8-15-23-20(22)12-16-24-21(5)13-10-19(11-14-21)18(3)4/h10,17-18H,6-9,11-16H2,1-5H3. The zero-order valence-electron chi connectivity index (χ0n) is 16.5. The molecular formula is C21H38O2S. The second-order valence-corrected chi connectivity index (χ2v) is 9.83. The van der Waals surface area contributed by atoms with E-state index < -0.39 is 0 Å². The van der Waals surface area contributed by atoms with Crippen molar-refractivity contribution in [3.8, 4) is 0 Å². The first-order valence-corrected chi connectivity index (χ1v) is 10.8. The van der Waals surface area contributed by atoms with E-state index >= 15 is 0 Å². The lowest BCUT2D eigenvalue weighted by atomic mass is 9.85. The molecule has 0 bridgehead atoms. The van der Waals surface area contributed by atoms with E-state index in [9.17, 15) is 4.79 Å². The van der Waals surface area contributed by atoms with E-state index in [4.69, 9.17) is 4.74 Å². The molecule has 0 aromatic carbocycles. The monoisotopic (exact) mass is 354 g/mol. The third-order valence-electron chi connectivity index (χ3n) is 4.93. The van der Waals surface area contributed by atoms with Crippen molar-refractivity contribution in [1.82, 2.24) is 0 Å². The molecule has 0 saturated carbocycles. The predicted octanol–water partition coefficient (Wildman–Crippen LogP) is 6.39. The third kappa shape index (κ3) is 9.15. The Balaban J connectivity index is 2.09. The minimum absolute atomic E-state index is 0.0239. The Morgan fingerprint density at radius 3 is 2.58 bits per heavy atom. The van der Waals surface area contributed by atoms with E-state index in [1.807, 2.05) is 11.8 Å². The summed E-state index contributed by atoms with van der Waals surface area (Å²) in [6.07, 6.45) is 11.2. The van der Waals surface area contributed by atoms with Gasteiger partial charge in [-0.25, -0.2) is 0 Å². The maximum Gasteiger partial charge on any atom is 0.306 e. The van der Waals surface area contributed by atoms with E-state index in [1.54, 1.807) is 5.57 Å². The van der Waals surface area contributed by atoms with Crippen LogP contribution >= 0.6 is 11.8 Å². The first kappa shape index (κ1) is 21.6. The maximum atomic E-state index is 11.8. The molecule has 0 N–H and O–H groups in total. The van der Waals surface area contributed by atoms with Gasteiger partial charge in [0.2, 0.25) is 0 Å².